The number of sulfonamides is 1. The van der Waals surface area contributed by atoms with Gasteiger partial charge >= 0.3 is 0 Å². The van der Waals surface area contributed by atoms with Gasteiger partial charge < -0.3 is 10.3 Å². The van der Waals surface area contributed by atoms with Crippen molar-refractivity contribution in [1.82, 2.24) is 19.6 Å². The summed E-state index contributed by atoms with van der Waals surface area (Å²) in [5, 5.41) is 2.94. The number of nitrogens with zero attached hydrogens (tertiary/aromatic N) is 2. The van der Waals surface area contributed by atoms with Crippen molar-refractivity contribution < 1.29 is 13.2 Å². The second-order valence-electron chi connectivity index (χ2n) is 5.91. The van der Waals surface area contributed by atoms with Crippen molar-refractivity contribution in [3.63, 3.8) is 0 Å². The van der Waals surface area contributed by atoms with Crippen LogP contribution in [0.5, 0.6) is 0 Å². The van der Waals surface area contributed by atoms with Crippen LogP contribution in [0, 0.1) is 5.92 Å². The molecule has 0 spiro atoms. The summed E-state index contributed by atoms with van der Waals surface area (Å²) in [6.07, 6.45) is 3.98. The molecule has 2 heterocycles. The lowest BCUT2D eigenvalue weighted by molar-refractivity contribution is -0.126. The number of fused-ring (bicyclic) bond motifs is 1. The number of hydrogen-bond donors (Lipinski definition) is 2. The number of rotatable bonds is 4. The summed E-state index contributed by atoms with van der Waals surface area (Å²) in [7, 11) is -3.15. The average molecular weight is 336 g/mol. The maximum absolute atomic E-state index is 12.2. The molecule has 1 amide bonds. The first-order chi connectivity index (χ1) is 10.9. The van der Waals surface area contributed by atoms with Crippen LogP contribution in [0.4, 0.5) is 0 Å². The minimum absolute atomic E-state index is 0.0112. The molecule has 0 unspecified atom stereocenters. The topological polar surface area (TPSA) is 95.2 Å². The lowest BCUT2D eigenvalue weighted by Gasteiger charge is -2.29. The number of piperidine rings is 1. The zero-order valence-electron chi connectivity index (χ0n) is 12.9. The van der Waals surface area contributed by atoms with Gasteiger partial charge in [0, 0.05) is 25.6 Å². The van der Waals surface area contributed by atoms with E-state index in [0.717, 1.165) is 16.6 Å². The lowest BCUT2D eigenvalue weighted by Crippen LogP contribution is -2.42. The molecule has 7 nitrogen and oxygen atoms in total. The zero-order valence-corrected chi connectivity index (χ0v) is 13.8. The highest BCUT2D eigenvalue weighted by atomic mass is 32.2. The summed E-state index contributed by atoms with van der Waals surface area (Å²) in [5.41, 5.74) is 2.84. The van der Waals surface area contributed by atoms with E-state index >= 15 is 0 Å². The smallest absolute Gasteiger partial charge is 0.223 e. The van der Waals surface area contributed by atoms with Gasteiger partial charge in [0.2, 0.25) is 15.9 Å². The summed E-state index contributed by atoms with van der Waals surface area (Å²) in [6, 6.07) is 5.82. The first-order valence-electron chi connectivity index (χ1n) is 7.58. The number of nitrogens with one attached hydrogen (secondary N) is 2. The SMILES string of the molecule is CS(=O)(=O)N1CCC(C(=O)NCc2ccc3nc[nH]c3c2)CC1. The van der Waals surface area contributed by atoms with Gasteiger partial charge in [0.25, 0.3) is 0 Å². The number of H-pyrrole nitrogens is 1. The molecule has 1 saturated heterocycles. The van der Waals surface area contributed by atoms with Crippen LogP contribution in [0.3, 0.4) is 0 Å². The van der Waals surface area contributed by atoms with Gasteiger partial charge in [-0.3, -0.25) is 4.79 Å². The quantitative estimate of drug-likeness (QED) is 0.865. The van der Waals surface area contributed by atoms with Crippen LogP contribution >= 0.6 is 0 Å². The molecule has 1 aromatic heterocycles. The number of imidazole rings is 1. The normalized spacial score (nSPS) is 17.4. The Bertz CT molecular complexity index is 807. The summed E-state index contributed by atoms with van der Waals surface area (Å²) in [5.74, 6) is -0.133. The van der Waals surface area contributed by atoms with E-state index in [1.807, 2.05) is 18.2 Å². The predicted molar refractivity (Wildman–Crippen MR) is 87.1 cm³/mol. The van der Waals surface area contributed by atoms with Crippen LogP contribution in [0.1, 0.15) is 18.4 Å². The van der Waals surface area contributed by atoms with Gasteiger partial charge in [0.05, 0.1) is 23.6 Å². The van der Waals surface area contributed by atoms with Crippen LogP contribution in [-0.2, 0) is 21.4 Å². The Morgan fingerprint density at radius 2 is 2.13 bits per heavy atom. The van der Waals surface area contributed by atoms with Gasteiger partial charge in [0.1, 0.15) is 0 Å². The number of carbonyl (C=O) groups is 1. The Balaban J connectivity index is 1.53. The summed E-state index contributed by atoms with van der Waals surface area (Å²) in [6.45, 7) is 1.29. The third-order valence-corrected chi connectivity index (χ3v) is 5.55. The minimum atomic E-state index is -3.15. The van der Waals surface area contributed by atoms with Gasteiger partial charge in [-0.15, -0.1) is 0 Å². The summed E-state index contributed by atoms with van der Waals surface area (Å²) in [4.78, 5) is 19.4. The Labute approximate surface area is 135 Å². The third kappa shape index (κ3) is 3.70. The first-order valence-corrected chi connectivity index (χ1v) is 9.43. The molecule has 0 atom stereocenters. The van der Waals surface area contributed by atoms with E-state index in [1.165, 1.54) is 10.6 Å². The number of hydrogen-bond acceptors (Lipinski definition) is 4. The largest absolute Gasteiger partial charge is 0.352 e. The molecule has 1 aliphatic heterocycles. The highest BCUT2D eigenvalue weighted by Gasteiger charge is 2.28. The molecule has 0 bridgehead atoms. The Morgan fingerprint density at radius 3 is 2.83 bits per heavy atom. The Kier molecular flexibility index (Phi) is 4.36. The van der Waals surface area contributed by atoms with E-state index in [1.54, 1.807) is 6.33 Å². The number of benzene rings is 1. The number of aromatic nitrogens is 2. The number of amides is 1. The Morgan fingerprint density at radius 1 is 1.39 bits per heavy atom. The molecule has 1 aromatic carbocycles. The number of aromatic amines is 1. The van der Waals surface area contributed by atoms with E-state index < -0.39 is 10.0 Å². The predicted octanol–water partition coefficient (Wildman–Crippen LogP) is 0.851. The highest BCUT2D eigenvalue weighted by Crippen LogP contribution is 2.19. The van der Waals surface area contributed by atoms with Gasteiger partial charge in [0.15, 0.2) is 0 Å². The second-order valence-corrected chi connectivity index (χ2v) is 7.89. The molecule has 2 aromatic rings. The third-order valence-electron chi connectivity index (χ3n) is 4.25. The van der Waals surface area contributed by atoms with Crippen molar-refractivity contribution in [1.29, 1.82) is 0 Å². The van der Waals surface area contributed by atoms with Crippen molar-refractivity contribution in [3.8, 4) is 0 Å². The molecule has 0 saturated carbocycles. The summed E-state index contributed by atoms with van der Waals surface area (Å²) >= 11 is 0. The molecule has 0 aliphatic carbocycles. The van der Waals surface area contributed by atoms with Gasteiger partial charge in [-0.05, 0) is 30.5 Å². The fraction of sp³-hybridized carbons (Fsp3) is 0.467. The van der Waals surface area contributed by atoms with Gasteiger partial charge in [-0.25, -0.2) is 17.7 Å². The van der Waals surface area contributed by atoms with E-state index in [-0.39, 0.29) is 11.8 Å². The maximum Gasteiger partial charge on any atom is 0.223 e. The fourth-order valence-electron chi connectivity index (χ4n) is 2.88. The Hall–Kier alpha value is -1.93. The van der Waals surface area contributed by atoms with Crippen molar-refractivity contribution in [2.45, 2.75) is 19.4 Å². The van der Waals surface area contributed by atoms with Crippen molar-refractivity contribution in [3.05, 3.63) is 30.1 Å². The molecule has 124 valence electrons. The van der Waals surface area contributed by atoms with Gasteiger partial charge in [-0.1, -0.05) is 6.07 Å². The number of carbonyl (C=O) groups excluding carboxylic acids is 1. The first kappa shape index (κ1) is 15.9. The van der Waals surface area contributed by atoms with Crippen LogP contribution in [0.25, 0.3) is 11.0 Å². The summed E-state index contributed by atoms with van der Waals surface area (Å²) < 4.78 is 24.4. The molecule has 23 heavy (non-hydrogen) atoms. The van der Waals surface area contributed by atoms with E-state index in [0.29, 0.717) is 32.5 Å². The zero-order chi connectivity index (χ0) is 16.4. The standard InChI is InChI=1S/C15H20N4O3S/c1-23(21,22)19-6-4-12(5-7-19)15(20)16-9-11-2-3-13-14(8-11)18-10-17-13/h2-3,8,10,12H,4-7,9H2,1H3,(H,16,20)(H,17,18). The molecular weight excluding hydrogens is 316 g/mol. The monoisotopic (exact) mass is 336 g/mol. The molecule has 0 radical (unpaired) electrons. The van der Waals surface area contributed by atoms with Crippen LogP contribution in [-0.4, -0.2) is 47.9 Å². The van der Waals surface area contributed by atoms with Crippen LogP contribution in [0.2, 0.25) is 0 Å². The lowest BCUT2D eigenvalue weighted by atomic mass is 9.97. The second kappa shape index (κ2) is 6.29. The van der Waals surface area contributed by atoms with Crippen LogP contribution < -0.4 is 5.32 Å². The highest BCUT2D eigenvalue weighted by molar-refractivity contribution is 7.88. The molecule has 3 rings (SSSR count). The van der Waals surface area contributed by atoms with E-state index in [9.17, 15) is 13.2 Å². The molecular formula is C15H20N4O3S. The van der Waals surface area contributed by atoms with Crippen molar-refractivity contribution in [2.75, 3.05) is 19.3 Å². The van der Waals surface area contributed by atoms with Gasteiger partial charge in [-0.2, -0.15) is 0 Å². The van der Waals surface area contributed by atoms with Crippen molar-refractivity contribution >= 4 is 27.0 Å². The van der Waals surface area contributed by atoms with Crippen LogP contribution in [0.15, 0.2) is 24.5 Å². The van der Waals surface area contributed by atoms with E-state index in [2.05, 4.69) is 15.3 Å². The minimum Gasteiger partial charge on any atom is -0.352 e. The molecule has 1 aliphatic rings. The van der Waals surface area contributed by atoms with E-state index in [4.69, 9.17) is 0 Å². The van der Waals surface area contributed by atoms with Crippen molar-refractivity contribution in [2.24, 2.45) is 5.92 Å². The fourth-order valence-corrected chi connectivity index (χ4v) is 3.75. The molecule has 1 fully saturated rings. The molecule has 8 heteroatoms. The maximum atomic E-state index is 12.2. The molecule has 2 N–H and O–H groups in total. The average Bonchev–Trinajstić information content (AvgIpc) is 2.99.